The van der Waals surface area contributed by atoms with Crippen molar-refractivity contribution in [3.8, 4) is 0 Å². The third-order valence-corrected chi connectivity index (χ3v) is 2.73. The molecule has 0 spiro atoms. The summed E-state index contributed by atoms with van der Waals surface area (Å²) in [4.78, 5) is 1.20. The molecule has 0 bridgehead atoms. The van der Waals surface area contributed by atoms with Crippen molar-refractivity contribution in [3.63, 3.8) is 0 Å². The van der Waals surface area contributed by atoms with Crippen LogP contribution in [0.1, 0.15) is 18.7 Å². The van der Waals surface area contributed by atoms with E-state index in [0.29, 0.717) is 6.10 Å². The van der Waals surface area contributed by atoms with Crippen molar-refractivity contribution in [2.24, 2.45) is 0 Å². The zero-order valence-corrected chi connectivity index (χ0v) is 9.56. The molecular formula is C10H18N2OS. The van der Waals surface area contributed by atoms with E-state index in [1.807, 2.05) is 25.3 Å². The fourth-order valence-corrected chi connectivity index (χ4v) is 1.83. The first-order valence-corrected chi connectivity index (χ1v) is 5.72. The third-order valence-electron chi connectivity index (χ3n) is 1.80. The summed E-state index contributed by atoms with van der Waals surface area (Å²) in [6.45, 7) is 6.54. The molecule has 0 atom stereocenters. The minimum atomic E-state index is 0.309. The van der Waals surface area contributed by atoms with Crippen molar-refractivity contribution in [2.45, 2.75) is 26.5 Å². The molecule has 1 rings (SSSR count). The molecule has 1 heterocycles. The van der Waals surface area contributed by atoms with Gasteiger partial charge < -0.3 is 15.8 Å². The maximum Gasteiger partial charge on any atom is 0.0594 e. The van der Waals surface area contributed by atoms with E-state index in [0.717, 1.165) is 25.4 Å². The second-order valence-electron chi connectivity index (χ2n) is 3.40. The van der Waals surface area contributed by atoms with Gasteiger partial charge in [-0.2, -0.15) is 0 Å². The van der Waals surface area contributed by atoms with Crippen LogP contribution in [0.3, 0.4) is 0 Å². The van der Waals surface area contributed by atoms with Crippen LogP contribution in [0.25, 0.3) is 0 Å². The predicted octanol–water partition coefficient (Wildman–Crippen LogP) is 1.84. The zero-order chi connectivity index (χ0) is 10.4. The number of nitrogen functional groups attached to an aromatic ring is 1. The van der Waals surface area contributed by atoms with Gasteiger partial charge in [-0.1, -0.05) is 0 Å². The number of ether oxygens (including phenoxy) is 1. The summed E-state index contributed by atoms with van der Waals surface area (Å²) in [5, 5.41) is 5.30. The third kappa shape index (κ3) is 4.09. The maximum atomic E-state index is 5.74. The van der Waals surface area contributed by atoms with E-state index < -0.39 is 0 Å². The molecule has 0 aromatic carbocycles. The highest BCUT2D eigenvalue weighted by Gasteiger charge is 1.99. The normalized spacial score (nSPS) is 11.1. The van der Waals surface area contributed by atoms with Gasteiger partial charge in [0.15, 0.2) is 0 Å². The average molecular weight is 214 g/mol. The smallest absolute Gasteiger partial charge is 0.0594 e. The van der Waals surface area contributed by atoms with Crippen LogP contribution in [0.2, 0.25) is 0 Å². The molecule has 0 saturated heterocycles. The van der Waals surface area contributed by atoms with E-state index in [-0.39, 0.29) is 0 Å². The van der Waals surface area contributed by atoms with Crippen molar-refractivity contribution in [1.82, 2.24) is 5.32 Å². The first kappa shape index (κ1) is 11.5. The van der Waals surface area contributed by atoms with Gasteiger partial charge in [-0.05, 0) is 25.3 Å². The molecule has 1 aromatic rings. The molecule has 3 nitrogen and oxygen atoms in total. The van der Waals surface area contributed by atoms with Crippen LogP contribution in [-0.2, 0) is 11.3 Å². The number of anilines is 1. The van der Waals surface area contributed by atoms with Crippen LogP contribution < -0.4 is 11.1 Å². The minimum absolute atomic E-state index is 0.309. The Morgan fingerprint density at radius 3 is 2.93 bits per heavy atom. The summed E-state index contributed by atoms with van der Waals surface area (Å²) < 4.78 is 5.40. The number of hydrogen-bond acceptors (Lipinski definition) is 4. The van der Waals surface area contributed by atoms with E-state index in [2.05, 4.69) is 5.32 Å². The molecule has 0 unspecified atom stereocenters. The molecule has 0 radical (unpaired) electrons. The summed E-state index contributed by atoms with van der Waals surface area (Å²) >= 11 is 1.69. The van der Waals surface area contributed by atoms with Crippen LogP contribution in [-0.4, -0.2) is 19.3 Å². The molecule has 4 heteroatoms. The van der Waals surface area contributed by atoms with Crippen LogP contribution in [0.5, 0.6) is 0 Å². The Hall–Kier alpha value is -0.580. The van der Waals surface area contributed by atoms with Gasteiger partial charge >= 0.3 is 0 Å². The Labute approximate surface area is 89.3 Å². The van der Waals surface area contributed by atoms with E-state index in [9.17, 15) is 0 Å². The molecule has 0 aliphatic heterocycles. The second kappa shape index (κ2) is 6.01. The molecule has 80 valence electrons. The lowest BCUT2D eigenvalue weighted by molar-refractivity contribution is 0.0807. The fraction of sp³-hybridized carbons (Fsp3) is 0.600. The number of nitrogens with one attached hydrogen (secondary N) is 1. The minimum Gasteiger partial charge on any atom is -0.398 e. The SMILES string of the molecule is CC(C)OCCNCc1sccc1N. The molecule has 1 aromatic heterocycles. The van der Waals surface area contributed by atoms with Gasteiger partial charge in [-0.25, -0.2) is 0 Å². The van der Waals surface area contributed by atoms with Crippen LogP contribution >= 0.6 is 11.3 Å². The molecule has 3 N–H and O–H groups in total. The Kier molecular flexibility index (Phi) is 4.93. The summed E-state index contributed by atoms with van der Waals surface area (Å²) in [5.41, 5.74) is 6.62. The van der Waals surface area contributed by atoms with Crippen molar-refractivity contribution >= 4 is 17.0 Å². The molecular weight excluding hydrogens is 196 g/mol. The number of hydrogen-bond donors (Lipinski definition) is 2. The van der Waals surface area contributed by atoms with Gasteiger partial charge in [0.05, 0.1) is 12.7 Å². The number of rotatable bonds is 6. The number of thiophene rings is 1. The molecule has 0 aliphatic carbocycles. The van der Waals surface area contributed by atoms with Crippen molar-refractivity contribution in [1.29, 1.82) is 0 Å². The van der Waals surface area contributed by atoms with E-state index in [1.54, 1.807) is 11.3 Å². The molecule has 0 amide bonds. The van der Waals surface area contributed by atoms with E-state index in [1.165, 1.54) is 4.88 Å². The Morgan fingerprint density at radius 1 is 1.57 bits per heavy atom. The molecule has 14 heavy (non-hydrogen) atoms. The summed E-state index contributed by atoms with van der Waals surface area (Å²) in [7, 11) is 0. The lowest BCUT2D eigenvalue weighted by Gasteiger charge is -2.08. The van der Waals surface area contributed by atoms with Gasteiger partial charge in [0.1, 0.15) is 0 Å². The van der Waals surface area contributed by atoms with Crippen LogP contribution in [0.4, 0.5) is 5.69 Å². The van der Waals surface area contributed by atoms with Crippen LogP contribution in [0.15, 0.2) is 11.4 Å². The Morgan fingerprint density at radius 2 is 2.36 bits per heavy atom. The molecule has 0 aliphatic rings. The molecule has 0 fully saturated rings. The molecule has 0 saturated carbocycles. The zero-order valence-electron chi connectivity index (χ0n) is 8.75. The lowest BCUT2D eigenvalue weighted by Crippen LogP contribution is -2.20. The highest BCUT2D eigenvalue weighted by Crippen LogP contribution is 2.17. The van der Waals surface area contributed by atoms with Gasteiger partial charge in [-0.15, -0.1) is 11.3 Å². The second-order valence-corrected chi connectivity index (χ2v) is 4.40. The summed E-state index contributed by atoms with van der Waals surface area (Å²) in [6, 6.07) is 1.94. The fourth-order valence-electron chi connectivity index (χ4n) is 1.06. The first-order valence-electron chi connectivity index (χ1n) is 4.84. The monoisotopic (exact) mass is 214 g/mol. The maximum absolute atomic E-state index is 5.74. The summed E-state index contributed by atoms with van der Waals surface area (Å²) in [5.74, 6) is 0. The van der Waals surface area contributed by atoms with Crippen molar-refractivity contribution < 1.29 is 4.74 Å². The van der Waals surface area contributed by atoms with E-state index >= 15 is 0 Å². The van der Waals surface area contributed by atoms with Gasteiger partial charge in [-0.3, -0.25) is 0 Å². The highest BCUT2D eigenvalue weighted by molar-refractivity contribution is 7.10. The van der Waals surface area contributed by atoms with Crippen LogP contribution in [0, 0.1) is 0 Å². The first-order chi connectivity index (χ1) is 6.70. The number of nitrogens with two attached hydrogens (primary N) is 1. The van der Waals surface area contributed by atoms with Gasteiger partial charge in [0.2, 0.25) is 0 Å². The largest absolute Gasteiger partial charge is 0.398 e. The van der Waals surface area contributed by atoms with Crippen molar-refractivity contribution in [2.75, 3.05) is 18.9 Å². The van der Waals surface area contributed by atoms with E-state index in [4.69, 9.17) is 10.5 Å². The Balaban J connectivity index is 2.08. The summed E-state index contributed by atoms with van der Waals surface area (Å²) in [6.07, 6.45) is 0.309. The average Bonchev–Trinajstić information content (AvgIpc) is 2.51. The quantitative estimate of drug-likeness (QED) is 0.710. The predicted molar refractivity (Wildman–Crippen MR) is 61.5 cm³/mol. The van der Waals surface area contributed by atoms with Gasteiger partial charge in [0.25, 0.3) is 0 Å². The van der Waals surface area contributed by atoms with Crippen molar-refractivity contribution in [3.05, 3.63) is 16.3 Å². The Bertz CT molecular complexity index is 260. The topological polar surface area (TPSA) is 47.3 Å². The standard InChI is InChI=1S/C10H18N2OS/c1-8(2)13-5-4-12-7-10-9(11)3-6-14-10/h3,6,8,12H,4-5,7,11H2,1-2H3. The van der Waals surface area contributed by atoms with Gasteiger partial charge in [0, 0.05) is 23.7 Å². The lowest BCUT2D eigenvalue weighted by atomic mass is 10.4. The highest BCUT2D eigenvalue weighted by atomic mass is 32.1.